The maximum atomic E-state index is 13.6. The molecule has 1 aromatic carbocycles. The summed E-state index contributed by atoms with van der Waals surface area (Å²) >= 11 is 0. The van der Waals surface area contributed by atoms with E-state index in [0.29, 0.717) is 13.0 Å². The SMILES string of the molecule is Cl.NCC1CCCCC1NS(=O)(=O)c1cccc(F)c1F. The van der Waals surface area contributed by atoms with Crippen molar-refractivity contribution in [3.8, 4) is 0 Å². The fraction of sp³-hybridized carbons (Fsp3) is 0.538. The van der Waals surface area contributed by atoms with Crippen LogP contribution in [0.25, 0.3) is 0 Å². The molecule has 1 saturated carbocycles. The molecule has 0 heterocycles. The molecule has 0 spiro atoms. The van der Waals surface area contributed by atoms with Gasteiger partial charge in [-0.3, -0.25) is 0 Å². The van der Waals surface area contributed by atoms with Crippen LogP contribution in [0.5, 0.6) is 0 Å². The van der Waals surface area contributed by atoms with Gasteiger partial charge in [-0.25, -0.2) is 21.9 Å². The number of sulfonamides is 1. The monoisotopic (exact) mass is 340 g/mol. The van der Waals surface area contributed by atoms with Gasteiger partial charge < -0.3 is 5.73 Å². The zero-order valence-electron chi connectivity index (χ0n) is 11.4. The molecule has 1 aromatic rings. The van der Waals surface area contributed by atoms with Crippen LogP contribution in [0, 0.1) is 17.6 Å². The Kier molecular flexibility index (Phi) is 6.52. The molecule has 8 heteroatoms. The number of hydrogen-bond donors (Lipinski definition) is 2. The Hall–Kier alpha value is -0.760. The van der Waals surface area contributed by atoms with Crippen LogP contribution in [0.3, 0.4) is 0 Å². The van der Waals surface area contributed by atoms with Crippen molar-refractivity contribution in [2.75, 3.05) is 6.54 Å². The van der Waals surface area contributed by atoms with Gasteiger partial charge in [-0.15, -0.1) is 12.4 Å². The topological polar surface area (TPSA) is 72.2 Å². The third-order valence-electron chi connectivity index (χ3n) is 3.72. The van der Waals surface area contributed by atoms with E-state index < -0.39 is 26.6 Å². The third-order valence-corrected chi connectivity index (χ3v) is 5.23. The van der Waals surface area contributed by atoms with Crippen molar-refractivity contribution in [3.63, 3.8) is 0 Å². The first-order valence-electron chi connectivity index (χ1n) is 6.62. The number of benzene rings is 1. The molecule has 21 heavy (non-hydrogen) atoms. The van der Waals surface area contributed by atoms with E-state index in [9.17, 15) is 17.2 Å². The molecule has 120 valence electrons. The van der Waals surface area contributed by atoms with Gasteiger partial charge in [-0.2, -0.15) is 0 Å². The highest BCUT2D eigenvalue weighted by molar-refractivity contribution is 7.89. The Morgan fingerprint density at radius 3 is 2.57 bits per heavy atom. The molecule has 2 rings (SSSR count). The summed E-state index contributed by atoms with van der Waals surface area (Å²) in [6, 6.07) is 2.80. The van der Waals surface area contributed by atoms with Crippen LogP contribution in [0.1, 0.15) is 25.7 Å². The molecule has 3 N–H and O–H groups in total. The van der Waals surface area contributed by atoms with E-state index in [1.165, 1.54) is 6.07 Å². The molecule has 2 unspecified atom stereocenters. The smallest absolute Gasteiger partial charge is 0.243 e. The Morgan fingerprint density at radius 1 is 1.24 bits per heavy atom. The van der Waals surface area contributed by atoms with E-state index in [-0.39, 0.29) is 24.4 Å². The van der Waals surface area contributed by atoms with Crippen LogP contribution < -0.4 is 10.5 Å². The van der Waals surface area contributed by atoms with Crippen molar-refractivity contribution in [3.05, 3.63) is 29.8 Å². The van der Waals surface area contributed by atoms with Crippen LogP contribution in [0.2, 0.25) is 0 Å². The van der Waals surface area contributed by atoms with E-state index >= 15 is 0 Å². The average Bonchev–Trinajstić information content (AvgIpc) is 2.42. The number of nitrogens with one attached hydrogen (secondary N) is 1. The lowest BCUT2D eigenvalue weighted by Gasteiger charge is -2.31. The summed E-state index contributed by atoms with van der Waals surface area (Å²) in [6.45, 7) is 0.374. The Bertz CT molecular complexity index is 584. The van der Waals surface area contributed by atoms with Crippen LogP contribution in [0.15, 0.2) is 23.1 Å². The lowest BCUT2D eigenvalue weighted by atomic mass is 9.85. The van der Waals surface area contributed by atoms with Crippen LogP contribution in [0.4, 0.5) is 8.78 Å². The first-order valence-corrected chi connectivity index (χ1v) is 8.10. The summed E-state index contributed by atoms with van der Waals surface area (Å²) in [5.41, 5.74) is 5.64. The molecule has 0 amide bonds. The maximum absolute atomic E-state index is 13.6. The molecule has 2 atom stereocenters. The first kappa shape index (κ1) is 18.3. The Balaban J connectivity index is 0.00000220. The predicted molar refractivity (Wildman–Crippen MR) is 78.7 cm³/mol. The molecular weight excluding hydrogens is 322 g/mol. The highest BCUT2D eigenvalue weighted by atomic mass is 35.5. The predicted octanol–water partition coefficient (Wildman–Crippen LogP) is 2.18. The summed E-state index contributed by atoms with van der Waals surface area (Å²) in [4.78, 5) is -0.654. The largest absolute Gasteiger partial charge is 0.330 e. The molecular formula is C13H19ClF2N2O2S. The molecule has 4 nitrogen and oxygen atoms in total. The molecule has 1 aliphatic rings. The fourth-order valence-corrected chi connectivity index (χ4v) is 4.03. The lowest BCUT2D eigenvalue weighted by Crippen LogP contribution is -2.44. The number of hydrogen-bond acceptors (Lipinski definition) is 3. The van der Waals surface area contributed by atoms with Crippen LogP contribution >= 0.6 is 12.4 Å². The summed E-state index contributed by atoms with van der Waals surface area (Å²) in [6.07, 6.45) is 3.41. The van der Waals surface area contributed by atoms with Gasteiger partial charge in [-0.05, 0) is 37.4 Å². The number of nitrogens with two attached hydrogens (primary N) is 1. The second-order valence-electron chi connectivity index (χ2n) is 5.06. The standard InChI is InChI=1S/C13H18F2N2O2S.ClH/c14-10-5-3-7-12(13(10)15)20(18,19)17-11-6-2-1-4-9(11)8-16;/h3,5,7,9,11,17H,1-2,4,6,8,16H2;1H. The van der Waals surface area contributed by atoms with E-state index in [1.54, 1.807) is 0 Å². The number of halogens is 3. The Labute approximate surface area is 129 Å². The highest BCUT2D eigenvalue weighted by Gasteiger charge is 2.30. The van der Waals surface area contributed by atoms with E-state index in [2.05, 4.69) is 4.72 Å². The molecule has 0 aliphatic heterocycles. The van der Waals surface area contributed by atoms with Crippen molar-refractivity contribution in [2.24, 2.45) is 11.7 Å². The first-order chi connectivity index (χ1) is 9.45. The summed E-state index contributed by atoms with van der Waals surface area (Å²) in [7, 11) is -4.08. The molecule has 1 aliphatic carbocycles. The van der Waals surface area contributed by atoms with E-state index in [4.69, 9.17) is 5.73 Å². The normalized spacial score (nSPS) is 22.6. The van der Waals surface area contributed by atoms with E-state index in [0.717, 1.165) is 31.4 Å². The van der Waals surface area contributed by atoms with Gasteiger partial charge in [0.2, 0.25) is 10.0 Å². The second kappa shape index (κ2) is 7.49. The molecule has 1 fully saturated rings. The van der Waals surface area contributed by atoms with Crippen molar-refractivity contribution < 1.29 is 17.2 Å². The van der Waals surface area contributed by atoms with Crippen LogP contribution in [-0.2, 0) is 10.0 Å². The third kappa shape index (κ3) is 4.12. The number of rotatable bonds is 4. The van der Waals surface area contributed by atoms with E-state index in [1.807, 2.05) is 0 Å². The highest BCUT2D eigenvalue weighted by Crippen LogP contribution is 2.26. The minimum Gasteiger partial charge on any atom is -0.330 e. The lowest BCUT2D eigenvalue weighted by molar-refractivity contribution is 0.296. The maximum Gasteiger partial charge on any atom is 0.243 e. The molecule has 0 aromatic heterocycles. The quantitative estimate of drug-likeness (QED) is 0.882. The minimum atomic E-state index is -4.08. The van der Waals surface area contributed by atoms with Gasteiger partial charge in [0.25, 0.3) is 0 Å². The van der Waals surface area contributed by atoms with Crippen molar-refractivity contribution >= 4 is 22.4 Å². The second-order valence-corrected chi connectivity index (χ2v) is 6.74. The Morgan fingerprint density at radius 2 is 1.90 bits per heavy atom. The van der Waals surface area contributed by atoms with Crippen molar-refractivity contribution in [2.45, 2.75) is 36.6 Å². The van der Waals surface area contributed by atoms with Crippen LogP contribution in [-0.4, -0.2) is 21.0 Å². The summed E-state index contributed by atoms with van der Waals surface area (Å²) < 4.78 is 53.6. The van der Waals surface area contributed by atoms with Gasteiger partial charge >= 0.3 is 0 Å². The van der Waals surface area contributed by atoms with Crippen molar-refractivity contribution in [1.82, 2.24) is 4.72 Å². The van der Waals surface area contributed by atoms with Crippen molar-refractivity contribution in [1.29, 1.82) is 0 Å². The fourth-order valence-electron chi connectivity index (χ4n) is 2.60. The van der Waals surface area contributed by atoms with Gasteiger partial charge in [-0.1, -0.05) is 18.9 Å². The van der Waals surface area contributed by atoms with Gasteiger partial charge in [0.05, 0.1) is 0 Å². The van der Waals surface area contributed by atoms with Gasteiger partial charge in [0.1, 0.15) is 4.90 Å². The van der Waals surface area contributed by atoms with Gasteiger partial charge in [0.15, 0.2) is 11.6 Å². The zero-order valence-corrected chi connectivity index (χ0v) is 13.0. The zero-order chi connectivity index (χ0) is 14.8. The molecule has 0 radical (unpaired) electrons. The summed E-state index contributed by atoms with van der Waals surface area (Å²) in [5.74, 6) is -2.48. The molecule has 0 saturated heterocycles. The average molecular weight is 341 g/mol. The summed E-state index contributed by atoms with van der Waals surface area (Å²) in [5, 5.41) is 0. The molecule has 0 bridgehead atoms. The van der Waals surface area contributed by atoms with Gasteiger partial charge in [0, 0.05) is 6.04 Å². The minimum absolute atomic E-state index is 0.